The average Bonchev–Trinajstić information content (AvgIpc) is 3.06. The average molecular weight is 298 g/mol. The molecule has 3 saturated heterocycles. The topological polar surface area (TPSA) is 71.1 Å². The van der Waals surface area contributed by atoms with E-state index in [1.807, 2.05) is 20.8 Å². The van der Waals surface area contributed by atoms with Gasteiger partial charge < -0.3 is 18.9 Å². The molecule has 3 rings (SSSR count). The molecule has 5 atom stereocenters. The molecule has 3 aliphatic heterocycles. The number of rotatable bonds is 6. The van der Waals surface area contributed by atoms with Crippen LogP contribution < -0.4 is 0 Å². The van der Waals surface area contributed by atoms with Gasteiger partial charge in [0.15, 0.2) is 6.10 Å². The molecule has 0 radical (unpaired) electrons. The van der Waals surface area contributed by atoms with Crippen LogP contribution in [0.4, 0.5) is 0 Å². The molecule has 0 amide bonds. The Labute approximate surface area is 124 Å². The molecule has 0 aromatic rings. The van der Waals surface area contributed by atoms with Crippen LogP contribution in [0.1, 0.15) is 33.6 Å². The van der Waals surface area contributed by atoms with Crippen LogP contribution in [0, 0.1) is 11.3 Å². The van der Waals surface area contributed by atoms with E-state index in [1.54, 1.807) is 0 Å². The minimum Gasteiger partial charge on any atom is -0.463 e. The summed E-state index contributed by atoms with van der Waals surface area (Å²) in [7, 11) is 0. The van der Waals surface area contributed by atoms with Crippen LogP contribution in [-0.2, 0) is 28.5 Å². The summed E-state index contributed by atoms with van der Waals surface area (Å²) in [6.07, 6.45) is 0.674. The Morgan fingerprint density at radius 3 is 2.81 bits per heavy atom. The molecule has 6 nitrogen and oxygen atoms in total. The Morgan fingerprint density at radius 1 is 1.33 bits per heavy atom. The number of fused-ring (bicyclic) bond motifs is 1. The van der Waals surface area contributed by atoms with Crippen molar-refractivity contribution in [2.75, 3.05) is 13.2 Å². The summed E-state index contributed by atoms with van der Waals surface area (Å²) < 4.78 is 22.0. The second-order valence-electron chi connectivity index (χ2n) is 6.59. The first-order valence-corrected chi connectivity index (χ1v) is 7.59. The van der Waals surface area contributed by atoms with E-state index in [0.29, 0.717) is 13.0 Å². The highest BCUT2D eigenvalue weighted by molar-refractivity contribution is 5.77. The lowest BCUT2D eigenvalue weighted by atomic mass is 9.88. The van der Waals surface area contributed by atoms with E-state index in [0.717, 1.165) is 6.42 Å². The largest absolute Gasteiger partial charge is 0.463 e. The Hall–Kier alpha value is -1.14. The van der Waals surface area contributed by atoms with E-state index in [-0.39, 0.29) is 48.9 Å². The highest BCUT2D eigenvalue weighted by Crippen LogP contribution is 2.47. The number of hydrogen-bond acceptors (Lipinski definition) is 6. The third kappa shape index (κ3) is 2.44. The van der Waals surface area contributed by atoms with E-state index < -0.39 is 5.41 Å². The van der Waals surface area contributed by atoms with E-state index >= 15 is 0 Å². The molecule has 0 N–H and O–H groups in total. The van der Waals surface area contributed by atoms with Gasteiger partial charge in [-0.3, -0.25) is 9.59 Å². The maximum absolute atomic E-state index is 11.8. The predicted octanol–water partition coefficient (Wildman–Crippen LogP) is 1.06. The normalized spacial score (nSPS) is 36.9. The third-order valence-corrected chi connectivity index (χ3v) is 4.85. The van der Waals surface area contributed by atoms with Crippen LogP contribution in [0.25, 0.3) is 0 Å². The molecule has 0 spiro atoms. The molecule has 0 aromatic carbocycles. The molecule has 5 unspecified atom stereocenters. The van der Waals surface area contributed by atoms with Crippen LogP contribution in [0.2, 0.25) is 0 Å². The van der Waals surface area contributed by atoms with Crippen molar-refractivity contribution in [1.82, 2.24) is 0 Å². The number of carbonyl (C=O) groups is 2. The minimum absolute atomic E-state index is 0.0702. The fourth-order valence-electron chi connectivity index (χ4n) is 3.10. The van der Waals surface area contributed by atoms with Gasteiger partial charge in [-0.15, -0.1) is 0 Å². The first-order valence-electron chi connectivity index (χ1n) is 7.59. The van der Waals surface area contributed by atoms with Crippen LogP contribution in [0.15, 0.2) is 0 Å². The monoisotopic (exact) mass is 298 g/mol. The Kier molecular flexibility index (Phi) is 3.69. The van der Waals surface area contributed by atoms with E-state index in [4.69, 9.17) is 18.9 Å². The third-order valence-electron chi connectivity index (χ3n) is 4.85. The Bertz CT molecular complexity index is 445. The van der Waals surface area contributed by atoms with E-state index in [2.05, 4.69) is 0 Å². The minimum atomic E-state index is -0.469. The van der Waals surface area contributed by atoms with Gasteiger partial charge >= 0.3 is 11.9 Å². The van der Waals surface area contributed by atoms with E-state index in [9.17, 15) is 9.59 Å². The molecule has 118 valence electrons. The smallest absolute Gasteiger partial charge is 0.312 e. The molecule has 2 bridgehead atoms. The van der Waals surface area contributed by atoms with Crippen molar-refractivity contribution >= 4 is 11.9 Å². The standard InChI is InChI=1S/C15H22O6/c1-4-15(2,3)14(17)19-6-5-18-11-9-7-8-10(20-9)12(11)21-13(8)16/h8-12H,4-7H2,1-3H3. The van der Waals surface area contributed by atoms with Crippen molar-refractivity contribution in [3.8, 4) is 0 Å². The van der Waals surface area contributed by atoms with Crippen LogP contribution in [0.3, 0.4) is 0 Å². The van der Waals surface area contributed by atoms with E-state index in [1.165, 1.54) is 0 Å². The molecule has 3 heterocycles. The van der Waals surface area contributed by atoms with Gasteiger partial charge in [-0.05, 0) is 26.7 Å². The Morgan fingerprint density at radius 2 is 2.10 bits per heavy atom. The number of ether oxygens (including phenoxy) is 4. The summed E-state index contributed by atoms with van der Waals surface area (Å²) in [6, 6.07) is 0. The fourth-order valence-corrected chi connectivity index (χ4v) is 3.10. The summed E-state index contributed by atoms with van der Waals surface area (Å²) in [6.45, 7) is 6.17. The molecule has 0 saturated carbocycles. The predicted molar refractivity (Wildman–Crippen MR) is 71.4 cm³/mol. The zero-order valence-corrected chi connectivity index (χ0v) is 12.7. The maximum Gasteiger partial charge on any atom is 0.312 e. The van der Waals surface area contributed by atoms with Crippen molar-refractivity contribution < 1.29 is 28.5 Å². The van der Waals surface area contributed by atoms with Gasteiger partial charge in [0.05, 0.1) is 24.0 Å². The van der Waals surface area contributed by atoms with Gasteiger partial charge in [0, 0.05) is 0 Å². The molecule has 21 heavy (non-hydrogen) atoms. The van der Waals surface area contributed by atoms with Crippen molar-refractivity contribution in [2.24, 2.45) is 11.3 Å². The van der Waals surface area contributed by atoms with Crippen molar-refractivity contribution in [3.05, 3.63) is 0 Å². The molecule has 3 fully saturated rings. The van der Waals surface area contributed by atoms with Gasteiger partial charge in [0.25, 0.3) is 0 Å². The highest BCUT2D eigenvalue weighted by atomic mass is 16.6. The lowest BCUT2D eigenvalue weighted by Crippen LogP contribution is -2.39. The lowest BCUT2D eigenvalue weighted by molar-refractivity contribution is -0.157. The summed E-state index contributed by atoms with van der Waals surface area (Å²) in [4.78, 5) is 23.4. The fraction of sp³-hybridized carbons (Fsp3) is 0.867. The molecular weight excluding hydrogens is 276 g/mol. The summed E-state index contributed by atoms with van der Waals surface area (Å²) in [5, 5.41) is 0. The van der Waals surface area contributed by atoms with Crippen molar-refractivity contribution in [3.63, 3.8) is 0 Å². The first kappa shape index (κ1) is 14.8. The zero-order chi connectivity index (χ0) is 15.2. The van der Waals surface area contributed by atoms with Crippen LogP contribution >= 0.6 is 0 Å². The van der Waals surface area contributed by atoms with Crippen LogP contribution in [-0.4, -0.2) is 49.6 Å². The van der Waals surface area contributed by atoms with Gasteiger partial charge in [0.2, 0.25) is 0 Å². The summed E-state index contributed by atoms with van der Waals surface area (Å²) in [5.41, 5.74) is -0.469. The van der Waals surface area contributed by atoms with Gasteiger partial charge in [-0.25, -0.2) is 0 Å². The maximum atomic E-state index is 11.8. The summed E-state index contributed by atoms with van der Waals surface area (Å²) in [5.74, 6) is -0.497. The quantitative estimate of drug-likeness (QED) is 0.539. The lowest BCUT2D eigenvalue weighted by Gasteiger charge is -2.23. The van der Waals surface area contributed by atoms with Crippen molar-refractivity contribution in [1.29, 1.82) is 0 Å². The second-order valence-corrected chi connectivity index (χ2v) is 6.59. The van der Waals surface area contributed by atoms with Gasteiger partial charge in [0.1, 0.15) is 18.8 Å². The molecule has 6 heteroatoms. The highest BCUT2D eigenvalue weighted by Gasteiger charge is 2.64. The van der Waals surface area contributed by atoms with Gasteiger partial charge in [-0.2, -0.15) is 0 Å². The van der Waals surface area contributed by atoms with Crippen molar-refractivity contribution in [2.45, 2.75) is 58.0 Å². The first-order chi connectivity index (χ1) is 9.94. The SMILES string of the molecule is CCC(C)(C)C(=O)OCCOC1C2CC3C(=O)OC1C3O2. The number of hydrogen-bond donors (Lipinski definition) is 0. The second kappa shape index (κ2) is 5.25. The molecule has 0 aliphatic carbocycles. The molecular formula is C15H22O6. The summed E-state index contributed by atoms with van der Waals surface area (Å²) >= 11 is 0. The number of carbonyl (C=O) groups excluding carboxylic acids is 2. The zero-order valence-electron chi connectivity index (χ0n) is 12.7. The number of esters is 2. The van der Waals surface area contributed by atoms with Crippen LogP contribution in [0.5, 0.6) is 0 Å². The van der Waals surface area contributed by atoms with Gasteiger partial charge in [-0.1, -0.05) is 6.92 Å². The Balaban J connectivity index is 1.43. The molecule has 0 aromatic heterocycles. The molecule has 3 aliphatic rings.